The van der Waals surface area contributed by atoms with Crippen molar-refractivity contribution in [1.29, 1.82) is 0 Å². The second-order valence-electron chi connectivity index (χ2n) is 20.9. The van der Waals surface area contributed by atoms with E-state index < -0.39 is 36.8 Å². The Morgan fingerprint density at radius 1 is 0.692 bits per heavy atom. The second kappa shape index (κ2) is 18.9. The van der Waals surface area contributed by atoms with Gasteiger partial charge in [0.1, 0.15) is 0 Å². The molecule has 0 spiro atoms. The van der Waals surface area contributed by atoms with E-state index in [0.717, 1.165) is 80.6 Å². The van der Waals surface area contributed by atoms with E-state index in [1.165, 1.54) is 5.56 Å². The Hall–Kier alpha value is -4.65. The molecule has 0 fully saturated rings. The Kier molecular flexibility index (Phi) is 12.5. The normalized spacial score (nSPS) is 13.7. The first-order chi connectivity index (χ1) is 31.8. The Balaban J connectivity index is 0.000000248. The summed E-state index contributed by atoms with van der Waals surface area (Å²) in [6.45, 7) is 18.5. The standard InChI is InChI=1S/C40H37N2S.C19H26GeN.Ir/c1-39(2,3)25-26-19-21-29-30-15-12-16-31(37(30)43-36(29)23-26)38-41-33-17-10-11-18-35(33)42(38)34-22-20-28(40(4,5)6)24-32(34)27-13-8-7-9-14-27;1-19(2,3)13-16-12-18(15-10-8-7-9-11-15)21-14-17(16)20(4,5)6;/h7-15,17-24H,25H2,1-6H3;7-10,12,14H,13H2,1-6H3;/q2*-1;/i25D2;13D2;. The zero-order valence-corrected chi connectivity index (χ0v) is 45.2. The van der Waals surface area contributed by atoms with E-state index in [-0.39, 0.29) is 25.5 Å². The van der Waals surface area contributed by atoms with Gasteiger partial charge in [-0.1, -0.05) is 113 Å². The van der Waals surface area contributed by atoms with E-state index in [1.54, 1.807) is 11.3 Å². The molecule has 0 saturated heterocycles. The molecule has 3 heterocycles. The van der Waals surface area contributed by atoms with Crippen molar-refractivity contribution in [2.45, 2.75) is 97.7 Å². The smallest absolute Gasteiger partial charge is 0.0774 e. The van der Waals surface area contributed by atoms with Gasteiger partial charge in [0.2, 0.25) is 0 Å². The summed E-state index contributed by atoms with van der Waals surface area (Å²) in [4.78, 5) is 9.87. The maximum atomic E-state index is 8.89. The summed E-state index contributed by atoms with van der Waals surface area (Å²) in [6, 6.07) is 52.4. The molecule has 0 unspecified atom stereocenters. The van der Waals surface area contributed by atoms with Crippen LogP contribution in [0.5, 0.6) is 0 Å². The van der Waals surface area contributed by atoms with Crippen LogP contribution in [0, 0.1) is 23.0 Å². The Morgan fingerprint density at radius 3 is 2.08 bits per heavy atom. The first-order valence-electron chi connectivity index (χ1n) is 24.3. The third-order valence-electron chi connectivity index (χ3n) is 11.1. The number of thiophene rings is 1. The van der Waals surface area contributed by atoms with Crippen molar-refractivity contribution < 1.29 is 25.6 Å². The van der Waals surface area contributed by atoms with Crippen LogP contribution in [0.3, 0.4) is 0 Å². The minimum absolute atomic E-state index is 0. The predicted octanol–water partition coefficient (Wildman–Crippen LogP) is 16.1. The van der Waals surface area contributed by atoms with Crippen LogP contribution in [0.4, 0.5) is 0 Å². The van der Waals surface area contributed by atoms with Crippen molar-refractivity contribution >= 4 is 60.2 Å². The maximum absolute atomic E-state index is 8.89. The molecule has 6 aromatic carbocycles. The van der Waals surface area contributed by atoms with E-state index in [0.29, 0.717) is 5.56 Å². The van der Waals surface area contributed by atoms with Crippen molar-refractivity contribution in [3.63, 3.8) is 0 Å². The Bertz CT molecular complexity index is 3280. The average molecular weight is 1120 g/mol. The van der Waals surface area contributed by atoms with Crippen molar-refractivity contribution in [1.82, 2.24) is 14.5 Å². The fourth-order valence-corrected chi connectivity index (χ4v) is 12.3. The molecule has 0 aliphatic carbocycles. The minimum atomic E-state index is -2.24. The number of rotatable bonds is 7. The van der Waals surface area contributed by atoms with Crippen molar-refractivity contribution in [3.05, 3.63) is 168 Å². The molecule has 65 heavy (non-hydrogen) atoms. The third-order valence-corrected chi connectivity index (χ3v) is 16.5. The number of hydrogen-bond donors (Lipinski definition) is 0. The molecule has 0 amide bonds. The van der Waals surface area contributed by atoms with Crippen LogP contribution in [0.1, 0.15) is 84.5 Å². The van der Waals surface area contributed by atoms with Crippen LogP contribution in [0.2, 0.25) is 17.3 Å². The van der Waals surface area contributed by atoms with Crippen molar-refractivity contribution in [2.75, 3.05) is 0 Å². The topological polar surface area (TPSA) is 30.7 Å². The molecule has 1 radical (unpaired) electrons. The number of hydrogen-bond acceptors (Lipinski definition) is 3. The number of imidazole rings is 1. The van der Waals surface area contributed by atoms with Gasteiger partial charge in [-0.15, -0.1) is 18.2 Å². The number of aromatic nitrogens is 3. The van der Waals surface area contributed by atoms with Gasteiger partial charge < -0.3 is 4.57 Å². The number of nitrogens with zero attached hydrogens (tertiary/aromatic N) is 3. The summed E-state index contributed by atoms with van der Waals surface area (Å²) < 4.78 is 40.9. The van der Waals surface area contributed by atoms with E-state index in [9.17, 15) is 0 Å². The molecule has 9 rings (SSSR count). The third kappa shape index (κ3) is 11.0. The maximum Gasteiger partial charge on any atom is 0.0774 e. The number of pyridine rings is 1. The molecule has 335 valence electrons. The molecule has 0 atom stereocenters. The monoisotopic (exact) mass is 1120 g/mol. The van der Waals surface area contributed by atoms with Crippen LogP contribution in [-0.2, 0) is 38.3 Å². The molecular weight excluding hydrogens is 1050 g/mol. The zero-order chi connectivity index (χ0) is 49.2. The quantitative estimate of drug-likeness (QED) is 0.118. The van der Waals surface area contributed by atoms with Crippen LogP contribution < -0.4 is 4.40 Å². The predicted molar refractivity (Wildman–Crippen MR) is 280 cm³/mol. The molecular formula is C59H63GeIrN3S-2. The average Bonchev–Trinajstić information content (AvgIpc) is 3.86. The first kappa shape index (κ1) is 43.0. The van der Waals surface area contributed by atoms with Gasteiger partial charge in [-0.3, -0.25) is 4.98 Å². The molecule has 3 nitrogen and oxygen atoms in total. The second-order valence-corrected chi connectivity index (χ2v) is 32.5. The number of benzene rings is 6. The van der Waals surface area contributed by atoms with Gasteiger partial charge in [0.05, 0.1) is 16.9 Å². The van der Waals surface area contributed by atoms with Gasteiger partial charge in [0, 0.05) is 38.8 Å². The van der Waals surface area contributed by atoms with Crippen molar-refractivity contribution in [3.8, 4) is 39.5 Å². The first-order valence-corrected chi connectivity index (χ1v) is 30.5. The van der Waals surface area contributed by atoms with E-state index in [1.807, 2.05) is 102 Å². The van der Waals surface area contributed by atoms with E-state index in [2.05, 4.69) is 139 Å². The molecule has 0 N–H and O–H groups in total. The summed E-state index contributed by atoms with van der Waals surface area (Å²) >= 11 is -0.548. The minimum Gasteiger partial charge on any atom is -0.333 e. The van der Waals surface area contributed by atoms with Crippen LogP contribution in [0.25, 0.3) is 70.7 Å². The van der Waals surface area contributed by atoms with Gasteiger partial charge >= 0.3 is 135 Å². The van der Waals surface area contributed by atoms with Gasteiger partial charge in [-0.05, 0) is 74.3 Å². The van der Waals surface area contributed by atoms with E-state index >= 15 is 0 Å². The fourth-order valence-electron chi connectivity index (χ4n) is 8.16. The summed E-state index contributed by atoms with van der Waals surface area (Å²) in [5.74, 6) is 7.70. The number of para-hydroxylation sites is 2. The molecule has 6 heteroatoms. The molecule has 0 aliphatic rings. The van der Waals surface area contributed by atoms with Crippen molar-refractivity contribution in [2.24, 2.45) is 10.8 Å². The summed E-state index contributed by atoms with van der Waals surface area (Å²) in [7, 11) is 0. The summed E-state index contributed by atoms with van der Waals surface area (Å²) in [5.41, 5.74) is 9.80. The van der Waals surface area contributed by atoms with Crippen LogP contribution >= 0.6 is 11.3 Å². The van der Waals surface area contributed by atoms with Gasteiger partial charge in [-0.25, -0.2) is 0 Å². The molecule has 3 aromatic heterocycles. The molecule has 0 aliphatic heterocycles. The van der Waals surface area contributed by atoms with E-state index in [4.69, 9.17) is 10.5 Å². The largest absolute Gasteiger partial charge is 0.333 e. The van der Waals surface area contributed by atoms with Crippen LogP contribution in [-0.4, -0.2) is 27.8 Å². The zero-order valence-electron chi connectivity index (χ0n) is 43.9. The summed E-state index contributed by atoms with van der Waals surface area (Å²) in [5, 5.41) is 2.26. The number of fused-ring (bicyclic) bond motifs is 4. The van der Waals surface area contributed by atoms with Crippen LogP contribution in [0.15, 0.2) is 140 Å². The molecule has 0 bridgehead atoms. The van der Waals surface area contributed by atoms with Gasteiger partial charge in [-0.2, -0.15) is 11.3 Å². The van der Waals surface area contributed by atoms with Gasteiger partial charge in [0.15, 0.2) is 0 Å². The fraction of sp³-hybridized carbons (Fsp3) is 0.288. The Labute approximate surface area is 414 Å². The Morgan fingerprint density at radius 2 is 1.40 bits per heavy atom. The molecule has 0 saturated carbocycles. The van der Waals surface area contributed by atoms with Gasteiger partial charge in [0.25, 0.3) is 0 Å². The molecule has 9 aromatic rings. The summed E-state index contributed by atoms with van der Waals surface area (Å²) in [6.07, 6.45) is -0.963. The SMILES string of the molecule is [2H]C([2H])(c1cc(-c2[c-]cccc2)nc[c]1[Ge]([CH3])([CH3])[CH3])C(C)(C)C.[2H]C([2H])(c1ccc2c(c1)sc1c(-c3nc4ccccc4n3-c3ccc(C(C)(C)C)cc3-c3ccccc3)[c-]ccc12)C(C)(C)C.[Ir].